The molecule has 0 bridgehead atoms. The Hall–Kier alpha value is -1.24. The van der Waals surface area contributed by atoms with Gasteiger partial charge in [0.2, 0.25) is 0 Å². The average Bonchev–Trinajstić information content (AvgIpc) is 2.17. The van der Waals surface area contributed by atoms with Crippen LogP contribution in [0.2, 0.25) is 10.0 Å². The molecule has 0 heterocycles. The first-order valence-corrected chi connectivity index (χ1v) is 4.07. The number of aromatic hydroxyl groups is 2. The first-order chi connectivity index (χ1) is 6.54. The number of nitrogens with two attached hydrogens (primary N) is 1. The van der Waals surface area contributed by atoms with Crippen molar-refractivity contribution in [1.29, 1.82) is 5.53 Å². The fraction of sp³-hybridized carbons (Fsp3) is 0. The Balaban J connectivity index is 3.63. The highest BCUT2D eigenvalue weighted by Crippen LogP contribution is 2.50. The Morgan fingerprint density at radius 1 is 1.21 bits per heavy atom. The van der Waals surface area contributed by atoms with Crippen LogP contribution in [0.25, 0.3) is 0 Å². The molecule has 0 aliphatic carbocycles. The van der Waals surface area contributed by atoms with Gasteiger partial charge in [0, 0.05) is 0 Å². The first kappa shape index (κ1) is 10.8. The summed E-state index contributed by atoms with van der Waals surface area (Å²) < 4.78 is 0. The van der Waals surface area contributed by atoms with E-state index in [1.807, 2.05) is 0 Å². The molecule has 0 amide bonds. The second kappa shape index (κ2) is 3.87. The topological polar surface area (TPSA) is 115 Å². The predicted molar refractivity (Wildman–Crippen MR) is 52.4 cm³/mol. The SMILES string of the molecule is N=Nc1c(O)c(Cl)c(NN)c(O)c1Cl. The van der Waals surface area contributed by atoms with E-state index in [1.54, 1.807) is 0 Å². The van der Waals surface area contributed by atoms with Crippen molar-refractivity contribution in [1.82, 2.24) is 0 Å². The normalized spacial score (nSPS) is 9.93. The molecule has 0 aromatic heterocycles. The summed E-state index contributed by atoms with van der Waals surface area (Å²) in [6, 6.07) is 0. The molecule has 0 saturated heterocycles. The minimum absolute atomic E-state index is 0.124. The Morgan fingerprint density at radius 2 is 1.79 bits per heavy atom. The van der Waals surface area contributed by atoms with Gasteiger partial charge in [-0.25, -0.2) is 5.53 Å². The van der Waals surface area contributed by atoms with Crippen LogP contribution in [-0.2, 0) is 0 Å². The Labute approximate surface area is 88.7 Å². The van der Waals surface area contributed by atoms with Crippen LogP contribution in [0.15, 0.2) is 5.11 Å². The highest BCUT2D eigenvalue weighted by atomic mass is 35.5. The van der Waals surface area contributed by atoms with E-state index in [0.717, 1.165) is 0 Å². The quantitative estimate of drug-likeness (QED) is 0.178. The Morgan fingerprint density at radius 3 is 2.21 bits per heavy atom. The lowest BCUT2D eigenvalue weighted by atomic mass is 10.2. The third kappa shape index (κ3) is 1.43. The van der Waals surface area contributed by atoms with Crippen LogP contribution >= 0.6 is 23.2 Å². The zero-order valence-electron chi connectivity index (χ0n) is 6.67. The van der Waals surface area contributed by atoms with Gasteiger partial charge in [-0.05, 0) is 0 Å². The lowest BCUT2D eigenvalue weighted by molar-refractivity contribution is 0.463. The monoisotopic (exact) mass is 236 g/mol. The molecule has 0 radical (unpaired) electrons. The molecule has 0 fully saturated rings. The summed E-state index contributed by atoms with van der Waals surface area (Å²) in [4.78, 5) is 0. The summed E-state index contributed by atoms with van der Waals surface area (Å²) in [5, 5.41) is 21.2. The summed E-state index contributed by atoms with van der Waals surface area (Å²) in [6.45, 7) is 0. The number of benzene rings is 1. The Bertz CT molecular complexity index is 367. The van der Waals surface area contributed by atoms with Crippen molar-refractivity contribution < 1.29 is 10.2 Å². The third-order valence-corrected chi connectivity index (χ3v) is 2.29. The van der Waals surface area contributed by atoms with Crippen LogP contribution in [0.5, 0.6) is 11.5 Å². The number of hydrogen-bond acceptors (Lipinski definition) is 6. The number of nitrogen functional groups attached to an aromatic ring is 1. The standard InChI is InChI=1S/C6H6Cl2N4O2/c7-1-3(11-9)6(14)2(8)4(12-10)5(1)13/h9,12-14H,10H2. The molecule has 0 aliphatic heterocycles. The number of phenolic OH excluding ortho intramolecular Hbond substituents is 2. The van der Waals surface area contributed by atoms with E-state index in [9.17, 15) is 10.2 Å². The first-order valence-electron chi connectivity index (χ1n) is 3.31. The average molecular weight is 237 g/mol. The van der Waals surface area contributed by atoms with E-state index in [2.05, 4.69) is 10.5 Å². The number of anilines is 1. The number of halogens is 2. The van der Waals surface area contributed by atoms with Gasteiger partial charge in [0.25, 0.3) is 0 Å². The highest BCUT2D eigenvalue weighted by molar-refractivity contribution is 6.40. The molecule has 14 heavy (non-hydrogen) atoms. The van der Waals surface area contributed by atoms with E-state index >= 15 is 0 Å². The largest absolute Gasteiger partial charge is 0.504 e. The van der Waals surface area contributed by atoms with Crippen LogP contribution in [0.1, 0.15) is 0 Å². The molecule has 0 aliphatic rings. The number of rotatable bonds is 2. The van der Waals surface area contributed by atoms with E-state index in [0.29, 0.717) is 0 Å². The maximum absolute atomic E-state index is 9.40. The third-order valence-electron chi connectivity index (χ3n) is 1.56. The van der Waals surface area contributed by atoms with E-state index in [4.69, 9.17) is 34.6 Å². The minimum atomic E-state index is -0.516. The van der Waals surface area contributed by atoms with E-state index in [1.165, 1.54) is 0 Å². The summed E-state index contributed by atoms with van der Waals surface area (Å²) in [6.07, 6.45) is 0. The van der Waals surface area contributed by atoms with Crippen LogP contribution in [0.4, 0.5) is 11.4 Å². The molecule has 0 unspecified atom stereocenters. The molecule has 1 rings (SSSR count). The molecule has 0 spiro atoms. The fourth-order valence-corrected chi connectivity index (χ4v) is 1.35. The van der Waals surface area contributed by atoms with Crippen molar-refractivity contribution in [3.63, 3.8) is 0 Å². The molecular formula is C6H6Cl2N4O2. The second-order valence-electron chi connectivity index (χ2n) is 2.30. The number of nitrogens with one attached hydrogen (secondary N) is 2. The molecule has 1 aromatic carbocycles. The molecule has 0 saturated carbocycles. The Kier molecular flexibility index (Phi) is 3.00. The lowest BCUT2D eigenvalue weighted by Crippen LogP contribution is -2.07. The highest BCUT2D eigenvalue weighted by Gasteiger charge is 2.20. The van der Waals surface area contributed by atoms with Crippen LogP contribution in [-0.4, -0.2) is 10.2 Å². The molecule has 6 N–H and O–H groups in total. The fourth-order valence-electron chi connectivity index (χ4n) is 0.886. The number of nitrogens with zero attached hydrogens (tertiary/aromatic N) is 1. The molecule has 0 atom stereocenters. The van der Waals surface area contributed by atoms with Gasteiger partial charge in [0.1, 0.15) is 15.7 Å². The zero-order valence-corrected chi connectivity index (χ0v) is 8.19. The van der Waals surface area contributed by atoms with Gasteiger partial charge in [-0.3, -0.25) is 5.84 Å². The van der Waals surface area contributed by atoms with Gasteiger partial charge < -0.3 is 15.6 Å². The molecular weight excluding hydrogens is 231 g/mol. The number of hydrazine groups is 1. The van der Waals surface area contributed by atoms with Crippen molar-refractivity contribution in [3.05, 3.63) is 10.0 Å². The van der Waals surface area contributed by atoms with Crippen molar-refractivity contribution in [2.24, 2.45) is 11.0 Å². The zero-order chi connectivity index (χ0) is 10.9. The van der Waals surface area contributed by atoms with Gasteiger partial charge in [0.15, 0.2) is 17.2 Å². The van der Waals surface area contributed by atoms with Crippen LogP contribution in [0.3, 0.4) is 0 Å². The minimum Gasteiger partial charge on any atom is -0.504 e. The summed E-state index contributed by atoms with van der Waals surface area (Å²) >= 11 is 11.2. The smallest absolute Gasteiger partial charge is 0.165 e. The van der Waals surface area contributed by atoms with Crippen molar-refractivity contribution in [2.75, 3.05) is 5.43 Å². The van der Waals surface area contributed by atoms with E-state index in [-0.39, 0.29) is 21.4 Å². The predicted octanol–water partition coefficient (Wildman–Crippen LogP) is 2.35. The molecule has 1 aromatic rings. The maximum atomic E-state index is 9.40. The van der Waals surface area contributed by atoms with Crippen LogP contribution in [0, 0.1) is 5.53 Å². The maximum Gasteiger partial charge on any atom is 0.165 e. The number of phenols is 2. The van der Waals surface area contributed by atoms with Gasteiger partial charge in [0.05, 0.1) is 0 Å². The lowest BCUT2D eigenvalue weighted by Gasteiger charge is -2.11. The summed E-state index contributed by atoms with van der Waals surface area (Å²) in [5.41, 5.74) is 8.34. The van der Waals surface area contributed by atoms with Crippen molar-refractivity contribution in [2.45, 2.75) is 0 Å². The molecule has 6 nitrogen and oxygen atoms in total. The summed E-state index contributed by atoms with van der Waals surface area (Å²) in [7, 11) is 0. The van der Waals surface area contributed by atoms with Crippen molar-refractivity contribution in [3.8, 4) is 11.5 Å². The van der Waals surface area contributed by atoms with Crippen LogP contribution < -0.4 is 11.3 Å². The summed E-state index contributed by atoms with van der Waals surface area (Å²) in [5.74, 6) is 4.05. The van der Waals surface area contributed by atoms with Gasteiger partial charge in [-0.2, -0.15) is 5.11 Å². The van der Waals surface area contributed by atoms with Crippen molar-refractivity contribution >= 4 is 34.6 Å². The van der Waals surface area contributed by atoms with E-state index < -0.39 is 11.5 Å². The van der Waals surface area contributed by atoms with Gasteiger partial charge in [-0.15, -0.1) is 0 Å². The number of hydrogen-bond donors (Lipinski definition) is 5. The molecule has 8 heteroatoms. The molecule has 76 valence electrons. The van der Waals surface area contributed by atoms with Gasteiger partial charge >= 0.3 is 0 Å². The second-order valence-corrected chi connectivity index (χ2v) is 3.06. The van der Waals surface area contributed by atoms with Gasteiger partial charge in [-0.1, -0.05) is 23.2 Å².